The van der Waals surface area contributed by atoms with Crippen LogP contribution in [0, 0.1) is 11.8 Å². The van der Waals surface area contributed by atoms with Crippen molar-refractivity contribution in [3.63, 3.8) is 0 Å². The molecule has 1 N–H and O–H groups in total. The van der Waals surface area contributed by atoms with Gasteiger partial charge in [-0.1, -0.05) is 36.8 Å². The van der Waals surface area contributed by atoms with E-state index in [1.54, 1.807) is 24.7 Å². The molecule has 0 spiro atoms. The monoisotopic (exact) mass is 513 g/mol. The molecular weight excluding hydrogens is 487 g/mol. The van der Waals surface area contributed by atoms with Gasteiger partial charge in [0.25, 0.3) is 0 Å². The number of hydrogen-bond acceptors (Lipinski definition) is 7. The SMILES string of the molecule is CC1(C)O[C@@H]2[C@H](O1)[C@@H](C#Cc1ccccc1C(F)(F)F)O[C@H]2n1cnc2c(NC3CCCC3)ncnc21. The van der Waals surface area contributed by atoms with E-state index in [0.717, 1.165) is 18.9 Å². The fourth-order valence-corrected chi connectivity index (χ4v) is 5.31. The molecule has 2 aromatic heterocycles. The van der Waals surface area contributed by atoms with E-state index in [1.807, 2.05) is 0 Å². The van der Waals surface area contributed by atoms with Crippen molar-refractivity contribution in [2.24, 2.45) is 0 Å². The third-order valence-corrected chi connectivity index (χ3v) is 6.94. The molecule has 3 fully saturated rings. The number of anilines is 1. The predicted molar refractivity (Wildman–Crippen MR) is 127 cm³/mol. The van der Waals surface area contributed by atoms with Crippen molar-refractivity contribution in [2.45, 2.75) is 82.1 Å². The molecule has 0 unspecified atom stereocenters. The van der Waals surface area contributed by atoms with E-state index < -0.39 is 42.1 Å². The van der Waals surface area contributed by atoms with Gasteiger partial charge in [0.2, 0.25) is 0 Å². The minimum absolute atomic E-state index is 0.125. The highest BCUT2D eigenvalue weighted by atomic mass is 19.4. The Labute approximate surface area is 211 Å². The highest BCUT2D eigenvalue weighted by molar-refractivity contribution is 5.82. The molecular formula is C26H26F3N5O3. The summed E-state index contributed by atoms with van der Waals surface area (Å²) in [6.07, 6.45) is 0.421. The molecule has 3 aromatic rings. The van der Waals surface area contributed by atoms with Crippen molar-refractivity contribution in [3.8, 4) is 11.8 Å². The molecule has 1 aromatic carbocycles. The summed E-state index contributed by atoms with van der Waals surface area (Å²) in [6, 6.07) is 5.56. The average Bonchev–Trinajstić information content (AvgIpc) is 3.62. The number of fused-ring (bicyclic) bond motifs is 2. The molecule has 0 radical (unpaired) electrons. The van der Waals surface area contributed by atoms with Crippen LogP contribution in [-0.2, 0) is 20.4 Å². The maximum Gasteiger partial charge on any atom is 0.417 e. The van der Waals surface area contributed by atoms with Crippen LogP contribution < -0.4 is 5.32 Å². The summed E-state index contributed by atoms with van der Waals surface area (Å²) in [5, 5.41) is 3.47. The van der Waals surface area contributed by atoms with Gasteiger partial charge in [-0.15, -0.1) is 0 Å². The predicted octanol–water partition coefficient (Wildman–Crippen LogP) is 4.67. The number of hydrogen-bond donors (Lipinski definition) is 1. The lowest BCUT2D eigenvalue weighted by Crippen LogP contribution is -2.28. The average molecular weight is 514 g/mol. The second-order valence-corrected chi connectivity index (χ2v) is 10.00. The van der Waals surface area contributed by atoms with Crippen LogP contribution in [0.3, 0.4) is 0 Å². The van der Waals surface area contributed by atoms with Crippen LogP contribution >= 0.6 is 0 Å². The molecule has 37 heavy (non-hydrogen) atoms. The molecule has 8 nitrogen and oxygen atoms in total. The largest absolute Gasteiger partial charge is 0.417 e. The van der Waals surface area contributed by atoms with Crippen molar-refractivity contribution in [1.29, 1.82) is 0 Å². The lowest BCUT2D eigenvalue weighted by Gasteiger charge is -2.23. The molecule has 6 rings (SSSR count). The zero-order valence-electron chi connectivity index (χ0n) is 20.3. The summed E-state index contributed by atoms with van der Waals surface area (Å²) in [5.74, 6) is 5.27. The first-order chi connectivity index (χ1) is 17.7. The third kappa shape index (κ3) is 4.54. The van der Waals surface area contributed by atoms with Gasteiger partial charge in [0.1, 0.15) is 24.6 Å². The van der Waals surface area contributed by atoms with E-state index in [4.69, 9.17) is 14.2 Å². The topological polar surface area (TPSA) is 83.3 Å². The van der Waals surface area contributed by atoms with Gasteiger partial charge >= 0.3 is 6.18 Å². The van der Waals surface area contributed by atoms with Crippen LogP contribution in [0.4, 0.5) is 19.0 Å². The standard InChI is InChI=1S/C26H26F3N5O3/c1-25(2)36-20-18(12-11-15-7-3-6-10-17(15)26(27,28)29)35-24(21(20)37-25)34-14-32-19-22(30-13-31-23(19)34)33-16-8-4-5-9-16/h3,6-7,10,13-14,16,18,20-21,24H,4-5,8-9H2,1-2H3,(H,30,31,33)/t18-,20-,21-,24-/m1/s1. The third-order valence-electron chi connectivity index (χ3n) is 6.94. The maximum atomic E-state index is 13.5. The number of halogens is 3. The fraction of sp³-hybridized carbons (Fsp3) is 0.500. The van der Waals surface area contributed by atoms with Gasteiger partial charge in [-0.25, -0.2) is 15.0 Å². The van der Waals surface area contributed by atoms with Gasteiger partial charge in [0.15, 0.2) is 29.0 Å². The number of rotatable bonds is 3. The van der Waals surface area contributed by atoms with Gasteiger partial charge in [-0.05, 0) is 38.8 Å². The van der Waals surface area contributed by atoms with Gasteiger partial charge in [0.05, 0.1) is 11.9 Å². The van der Waals surface area contributed by atoms with E-state index in [9.17, 15) is 13.2 Å². The van der Waals surface area contributed by atoms with Crippen LogP contribution in [0.1, 0.15) is 56.9 Å². The molecule has 1 saturated carbocycles. The lowest BCUT2D eigenvalue weighted by molar-refractivity contribution is -0.190. The van der Waals surface area contributed by atoms with Gasteiger partial charge in [-0.3, -0.25) is 4.57 Å². The van der Waals surface area contributed by atoms with E-state index in [2.05, 4.69) is 32.1 Å². The first-order valence-corrected chi connectivity index (χ1v) is 12.3. The van der Waals surface area contributed by atoms with Crippen LogP contribution in [-0.4, -0.2) is 49.7 Å². The second-order valence-electron chi connectivity index (χ2n) is 10.00. The van der Waals surface area contributed by atoms with E-state index in [0.29, 0.717) is 23.0 Å². The van der Waals surface area contributed by atoms with Crippen LogP contribution in [0.25, 0.3) is 11.2 Å². The number of ether oxygens (including phenoxy) is 3. The minimum atomic E-state index is -4.51. The lowest BCUT2D eigenvalue weighted by atomic mass is 10.1. The maximum absolute atomic E-state index is 13.5. The normalized spacial score (nSPS) is 27.3. The Morgan fingerprint density at radius 1 is 1.05 bits per heavy atom. The Morgan fingerprint density at radius 3 is 2.59 bits per heavy atom. The Kier molecular flexibility index (Phi) is 5.86. The molecule has 1 aliphatic carbocycles. The number of nitrogens with one attached hydrogen (secondary N) is 1. The van der Waals surface area contributed by atoms with Crippen molar-refractivity contribution in [1.82, 2.24) is 19.5 Å². The summed E-state index contributed by atoms with van der Waals surface area (Å²) in [7, 11) is 0. The van der Waals surface area contributed by atoms with Gasteiger partial charge in [0, 0.05) is 11.6 Å². The quantitative estimate of drug-likeness (QED) is 0.510. The highest BCUT2D eigenvalue weighted by Crippen LogP contribution is 2.44. The molecule has 11 heteroatoms. The number of imidazole rings is 1. The van der Waals surface area contributed by atoms with E-state index >= 15 is 0 Å². The van der Waals surface area contributed by atoms with Crippen LogP contribution in [0.15, 0.2) is 36.9 Å². The van der Waals surface area contributed by atoms with Crippen molar-refractivity contribution < 1.29 is 27.4 Å². The molecule has 4 atom stereocenters. The molecule has 2 aliphatic heterocycles. The zero-order valence-corrected chi connectivity index (χ0v) is 20.3. The van der Waals surface area contributed by atoms with E-state index in [-0.39, 0.29) is 5.56 Å². The Morgan fingerprint density at radius 2 is 1.81 bits per heavy atom. The summed E-state index contributed by atoms with van der Waals surface area (Å²) in [5.41, 5.74) is 0.252. The highest BCUT2D eigenvalue weighted by Gasteiger charge is 2.56. The zero-order chi connectivity index (χ0) is 25.8. The molecule has 194 valence electrons. The molecule has 3 aliphatic rings. The van der Waals surface area contributed by atoms with Crippen molar-refractivity contribution in [2.75, 3.05) is 5.32 Å². The number of aromatic nitrogens is 4. The Bertz CT molecular complexity index is 1370. The Balaban J connectivity index is 1.33. The summed E-state index contributed by atoms with van der Waals surface area (Å²) < 4.78 is 60.6. The number of benzene rings is 1. The van der Waals surface area contributed by atoms with E-state index in [1.165, 1.54) is 37.4 Å². The first kappa shape index (κ1) is 24.2. The molecule has 0 bridgehead atoms. The summed E-state index contributed by atoms with van der Waals surface area (Å²) >= 11 is 0. The molecule has 4 heterocycles. The van der Waals surface area contributed by atoms with Crippen LogP contribution in [0.5, 0.6) is 0 Å². The molecule has 0 amide bonds. The van der Waals surface area contributed by atoms with Gasteiger partial charge in [-0.2, -0.15) is 13.2 Å². The number of alkyl halides is 3. The van der Waals surface area contributed by atoms with Crippen molar-refractivity contribution in [3.05, 3.63) is 48.0 Å². The van der Waals surface area contributed by atoms with Crippen LogP contribution in [0.2, 0.25) is 0 Å². The second kappa shape index (κ2) is 8.97. The first-order valence-electron chi connectivity index (χ1n) is 12.3. The smallest absolute Gasteiger partial charge is 0.365 e. The van der Waals surface area contributed by atoms with Gasteiger partial charge < -0.3 is 19.5 Å². The van der Waals surface area contributed by atoms with Crippen molar-refractivity contribution >= 4 is 17.0 Å². The fourth-order valence-electron chi connectivity index (χ4n) is 5.31. The minimum Gasteiger partial charge on any atom is -0.365 e. The summed E-state index contributed by atoms with van der Waals surface area (Å²) in [6.45, 7) is 3.56. The molecule has 2 saturated heterocycles. The summed E-state index contributed by atoms with van der Waals surface area (Å²) in [4.78, 5) is 13.4. The number of nitrogens with zero attached hydrogens (tertiary/aromatic N) is 4. The Hall–Kier alpha value is -3.20.